The van der Waals surface area contributed by atoms with Crippen LogP contribution in [0.1, 0.15) is 20.7 Å². The van der Waals surface area contributed by atoms with Crippen molar-refractivity contribution < 1.29 is 14.7 Å². The van der Waals surface area contributed by atoms with E-state index in [-0.39, 0.29) is 27.2 Å². The maximum atomic E-state index is 11.0. The van der Waals surface area contributed by atoms with Crippen LogP contribution in [0.2, 0.25) is 5.02 Å². The Labute approximate surface area is 100 Å². The van der Waals surface area contributed by atoms with Crippen molar-refractivity contribution in [3.63, 3.8) is 0 Å². The average molecular weight is 257 g/mol. The molecule has 0 atom stereocenters. The minimum Gasteiger partial charge on any atom is -0.478 e. The third kappa shape index (κ3) is 1.46. The molecule has 0 aliphatic rings. The van der Waals surface area contributed by atoms with Crippen LogP contribution in [-0.2, 0) is 0 Å². The summed E-state index contributed by atoms with van der Waals surface area (Å²) in [6.45, 7) is 0. The van der Waals surface area contributed by atoms with E-state index in [0.29, 0.717) is 6.29 Å². The second-order valence-corrected chi connectivity index (χ2v) is 3.87. The van der Waals surface area contributed by atoms with Crippen molar-refractivity contribution in [3.05, 3.63) is 28.5 Å². The van der Waals surface area contributed by atoms with Gasteiger partial charge in [-0.3, -0.25) is 8.77 Å². The summed E-state index contributed by atoms with van der Waals surface area (Å²) in [5.74, 6) is -1.16. The predicted octanol–water partition coefficient (Wildman–Crippen LogP) is 1.89. The van der Waals surface area contributed by atoms with Gasteiger partial charge in [-0.2, -0.15) is 0 Å². The molecule has 16 heavy (non-hydrogen) atoms. The summed E-state index contributed by atoms with van der Waals surface area (Å²) >= 11 is 9.79. The molecule has 0 saturated heterocycles. The number of carbonyl (C=O) groups is 2. The lowest BCUT2D eigenvalue weighted by Gasteiger charge is -1.99. The lowest BCUT2D eigenvalue weighted by molar-refractivity contribution is 0.0699. The quantitative estimate of drug-likeness (QED) is 0.636. The molecule has 2 aromatic rings. The Kier molecular flexibility index (Phi) is 2.61. The molecule has 2 heterocycles. The molecule has 82 valence electrons. The molecule has 2 rings (SSSR count). The smallest absolute Gasteiger partial charge is 0.338 e. The number of pyridine rings is 1. The summed E-state index contributed by atoms with van der Waals surface area (Å²) < 4.78 is 1.24. The van der Waals surface area contributed by atoms with Gasteiger partial charge in [-0.15, -0.1) is 0 Å². The molecule has 7 heteroatoms. The number of aldehydes is 1. The molecule has 0 aromatic carbocycles. The number of carboxylic acids is 1. The van der Waals surface area contributed by atoms with Crippen molar-refractivity contribution in [1.82, 2.24) is 8.96 Å². The van der Waals surface area contributed by atoms with E-state index in [4.69, 9.17) is 16.7 Å². The van der Waals surface area contributed by atoms with Crippen LogP contribution in [0.3, 0.4) is 0 Å². The number of hydrogen-bond acceptors (Lipinski definition) is 4. The van der Waals surface area contributed by atoms with Crippen LogP contribution in [0.4, 0.5) is 0 Å². The fourth-order valence-corrected chi connectivity index (χ4v) is 1.91. The average Bonchev–Trinajstić information content (AvgIpc) is 2.56. The van der Waals surface area contributed by atoms with E-state index in [1.165, 1.54) is 16.4 Å². The second kappa shape index (κ2) is 3.80. The van der Waals surface area contributed by atoms with E-state index < -0.39 is 5.97 Å². The zero-order valence-electron chi connectivity index (χ0n) is 7.72. The lowest BCUT2D eigenvalue weighted by atomic mass is 10.1. The van der Waals surface area contributed by atoms with Gasteiger partial charge in [0.05, 0.1) is 10.6 Å². The molecule has 5 nitrogen and oxygen atoms in total. The predicted molar refractivity (Wildman–Crippen MR) is 61.5 cm³/mol. The molecule has 0 radical (unpaired) electrons. The van der Waals surface area contributed by atoms with Gasteiger partial charge in [-0.1, -0.05) is 24.4 Å². The Morgan fingerprint density at radius 3 is 2.88 bits per heavy atom. The van der Waals surface area contributed by atoms with E-state index in [1.54, 1.807) is 0 Å². The molecule has 0 amide bonds. The van der Waals surface area contributed by atoms with Gasteiger partial charge in [0.2, 0.25) is 0 Å². The first-order chi connectivity index (χ1) is 7.56. The number of aromatic carboxylic acids is 1. The van der Waals surface area contributed by atoms with Crippen LogP contribution in [0.25, 0.3) is 11.0 Å². The number of fused-ring (bicyclic) bond motifs is 1. The number of halogens is 1. The normalized spacial score (nSPS) is 10.6. The first-order valence-corrected chi connectivity index (χ1v) is 4.91. The first-order valence-electron chi connectivity index (χ1n) is 4.13. The highest BCUT2D eigenvalue weighted by molar-refractivity contribution is 7.78. The summed E-state index contributed by atoms with van der Waals surface area (Å²) in [6, 6.07) is 0. The highest BCUT2D eigenvalue weighted by Crippen LogP contribution is 2.28. The number of aromatic nitrogens is 2. The Bertz CT molecular complexity index is 608. The molecule has 0 bridgehead atoms. The Morgan fingerprint density at radius 1 is 1.62 bits per heavy atom. The summed E-state index contributed by atoms with van der Waals surface area (Å²) in [5.41, 5.74) is 0.339. The Hall–Kier alpha value is -1.53. The van der Waals surface area contributed by atoms with Gasteiger partial charge >= 0.3 is 5.97 Å². The standard InChI is InChI=1S/C9H5ClN2O3S/c10-6-1-11-8-7(5(6)3-13)4(9(14)15)2-12(8)16/h1-3,16H,(H,14,15). The van der Waals surface area contributed by atoms with Gasteiger partial charge in [0.25, 0.3) is 0 Å². The van der Waals surface area contributed by atoms with Crippen LogP contribution in [0, 0.1) is 0 Å². The Balaban J connectivity index is 2.99. The number of carboxylic acid groups (broad SMARTS) is 1. The van der Waals surface area contributed by atoms with Crippen molar-refractivity contribution in [1.29, 1.82) is 0 Å². The van der Waals surface area contributed by atoms with Crippen LogP contribution < -0.4 is 0 Å². The van der Waals surface area contributed by atoms with E-state index in [1.807, 2.05) is 0 Å². The molecule has 0 spiro atoms. The highest BCUT2D eigenvalue weighted by atomic mass is 35.5. The molecule has 0 fully saturated rings. The second-order valence-electron chi connectivity index (χ2n) is 3.03. The molecule has 0 saturated carbocycles. The van der Waals surface area contributed by atoms with Crippen molar-refractivity contribution >= 4 is 47.7 Å². The number of hydrogen-bond donors (Lipinski definition) is 2. The minimum absolute atomic E-state index is 0.0536. The Morgan fingerprint density at radius 2 is 2.31 bits per heavy atom. The van der Waals surface area contributed by atoms with E-state index >= 15 is 0 Å². The lowest BCUT2D eigenvalue weighted by Crippen LogP contribution is -1.97. The summed E-state index contributed by atoms with van der Waals surface area (Å²) in [5, 5.41) is 9.29. The fraction of sp³-hybridized carbons (Fsp3) is 0. The zero-order chi connectivity index (χ0) is 11.9. The molecular formula is C9H5ClN2O3S. The third-order valence-corrected chi connectivity index (χ3v) is 2.74. The molecule has 2 aromatic heterocycles. The van der Waals surface area contributed by atoms with Gasteiger partial charge in [-0.05, 0) is 0 Å². The van der Waals surface area contributed by atoms with Gasteiger partial charge < -0.3 is 5.11 Å². The monoisotopic (exact) mass is 256 g/mol. The van der Waals surface area contributed by atoms with E-state index in [9.17, 15) is 9.59 Å². The number of nitrogens with zero attached hydrogens (tertiary/aromatic N) is 2. The molecule has 0 aliphatic heterocycles. The van der Waals surface area contributed by atoms with Crippen LogP contribution in [0.15, 0.2) is 12.4 Å². The largest absolute Gasteiger partial charge is 0.478 e. The van der Waals surface area contributed by atoms with Gasteiger partial charge in [0.15, 0.2) is 11.9 Å². The topological polar surface area (TPSA) is 72.2 Å². The van der Waals surface area contributed by atoms with Crippen LogP contribution >= 0.6 is 24.4 Å². The molecule has 0 aliphatic carbocycles. The molecule has 1 N–H and O–H groups in total. The van der Waals surface area contributed by atoms with Crippen LogP contribution in [0.5, 0.6) is 0 Å². The van der Waals surface area contributed by atoms with Gasteiger partial charge in [-0.25, -0.2) is 9.78 Å². The summed E-state index contributed by atoms with van der Waals surface area (Å²) in [4.78, 5) is 25.8. The van der Waals surface area contributed by atoms with E-state index in [0.717, 1.165) is 0 Å². The van der Waals surface area contributed by atoms with Crippen LogP contribution in [-0.4, -0.2) is 26.3 Å². The van der Waals surface area contributed by atoms with Crippen molar-refractivity contribution in [2.24, 2.45) is 0 Å². The fourth-order valence-electron chi connectivity index (χ4n) is 1.46. The SMILES string of the molecule is O=Cc1c(Cl)cnc2c1c(C(=O)O)cn2S. The highest BCUT2D eigenvalue weighted by Gasteiger charge is 2.19. The molecule has 0 unspecified atom stereocenters. The summed E-state index contributed by atoms with van der Waals surface area (Å²) in [7, 11) is 0. The third-order valence-electron chi connectivity index (χ3n) is 2.14. The minimum atomic E-state index is -1.16. The van der Waals surface area contributed by atoms with E-state index in [2.05, 4.69) is 17.8 Å². The maximum Gasteiger partial charge on any atom is 0.338 e. The zero-order valence-corrected chi connectivity index (χ0v) is 9.37. The molecular weight excluding hydrogens is 252 g/mol. The van der Waals surface area contributed by atoms with Crippen molar-refractivity contribution in [3.8, 4) is 0 Å². The number of thiol groups is 1. The first kappa shape index (κ1) is 11.0. The summed E-state index contributed by atoms with van der Waals surface area (Å²) in [6.07, 6.45) is 3.06. The van der Waals surface area contributed by atoms with Gasteiger partial charge in [0.1, 0.15) is 0 Å². The van der Waals surface area contributed by atoms with Crippen molar-refractivity contribution in [2.45, 2.75) is 0 Å². The van der Waals surface area contributed by atoms with Crippen molar-refractivity contribution in [2.75, 3.05) is 0 Å². The number of rotatable bonds is 2. The maximum absolute atomic E-state index is 11.0. The number of carbonyl (C=O) groups excluding carboxylic acids is 1. The van der Waals surface area contributed by atoms with Gasteiger partial charge in [0, 0.05) is 23.3 Å².